The van der Waals surface area contributed by atoms with Crippen molar-refractivity contribution in [2.24, 2.45) is 12.0 Å². The van der Waals surface area contributed by atoms with E-state index in [1.807, 2.05) is 48.6 Å². The molecule has 31 heavy (non-hydrogen) atoms. The van der Waals surface area contributed by atoms with Gasteiger partial charge in [-0.15, -0.1) is 10.2 Å². The maximum Gasteiger partial charge on any atom is 0.222 e. The Hall–Kier alpha value is -3.10. The van der Waals surface area contributed by atoms with Crippen LogP contribution in [0.5, 0.6) is 5.75 Å². The molecule has 0 spiro atoms. The summed E-state index contributed by atoms with van der Waals surface area (Å²) in [5.41, 5.74) is 1.13. The monoisotopic (exact) mass is 425 g/mol. The average molecular weight is 426 g/mol. The number of para-hydroxylation sites is 1. The van der Waals surface area contributed by atoms with Gasteiger partial charge in [0.2, 0.25) is 5.91 Å². The molecule has 1 fully saturated rings. The zero-order chi connectivity index (χ0) is 21.8. The molecule has 9 heteroatoms. The van der Waals surface area contributed by atoms with E-state index in [0.717, 1.165) is 48.3 Å². The minimum Gasteiger partial charge on any atom is -0.493 e. The summed E-state index contributed by atoms with van der Waals surface area (Å²) < 4.78 is 7.75. The molecule has 4 rings (SSSR count). The Bertz CT molecular complexity index is 955. The van der Waals surface area contributed by atoms with Crippen LogP contribution in [-0.4, -0.2) is 57.3 Å². The van der Waals surface area contributed by atoms with Crippen LogP contribution in [0.15, 0.2) is 29.3 Å². The molecule has 2 unspecified atom stereocenters. The molecule has 1 amide bonds. The third kappa shape index (κ3) is 4.81. The summed E-state index contributed by atoms with van der Waals surface area (Å²) >= 11 is 0. The SMILES string of the molecule is CCC(=O)N1CCC(NC(=NCc2nnc(C)n2C)NC2CCOc3ccccc32)C1. The fourth-order valence-corrected chi connectivity index (χ4v) is 4.05. The molecule has 9 nitrogen and oxygen atoms in total. The Kier molecular flexibility index (Phi) is 6.39. The number of hydrogen-bond acceptors (Lipinski definition) is 5. The largest absolute Gasteiger partial charge is 0.493 e. The Morgan fingerprint density at radius 1 is 1.26 bits per heavy atom. The molecule has 2 aromatic rings. The first-order valence-corrected chi connectivity index (χ1v) is 11.0. The second-order valence-corrected chi connectivity index (χ2v) is 8.08. The van der Waals surface area contributed by atoms with Crippen molar-refractivity contribution in [3.05, 3.63) is 41.5 Å². The lowest BCUT2D eigenvalue weighted by Gasteiger charge is -2.29. The molecule has 1 aromatic carbocycles. The summed E-state index contributed by atoms with van der Waals surface area (Å²) in [6, 6.07) is 8.38. The number of amides is 1. The Balaban J connectivity index is 1.51. The van der Waals surface area contributed by atoms with Crippen LogP contribution in [0.4, 0.5) is 0 Å². The van der Waals surface area contributed by atoms with Crippen molar-refractivity contribution in [3.63, 3.8) is 0 Å². The number of guanidine groups is 1. The lowest BCUT2D eigenvalue weighted by atomic mass is 10.0. The van der Waals surface area contributed by atoms with Crippen LogP contribution in [0.2, 0.25) is 0 Å². The summed E-state index contributed by atoms with van der Waals surface area (Å²) in [7, 11) is 1.95. The average Bonchev–Trinajstić information content (AvgIpc) is 3.38. The highest BCUT2D eigenvalue weighted by Crippen LogP contribution is 2.31. The Labute approximate surface area is 182 Å². The van der Waals surface area contributed by atoms with Gasteiger partial charge in [0.15, 0.2) is 11.8 Å². The van der Waals surface area contributed by atoms with E-state index >= 15 is 0 Å². The topological polar surface area (TPSA) is 96.7 Å². The standard InChI is InChI=1S/C22H31N7O2/c1-4-21(30)29-11-9-16(14-29)24-22(23-13-20-27-26-15(2)28(20)3)25-18-10-12-31-19-8-6-5-7-17(18)19/h5-8,16,18H,4,9-14H2,1-3H3,(H2,23,24,25). The van der Waals surface area contributed by atoms with Crippen LogP contribution in [0.3, 0.4) is 0 Å². The number of hydrogen-bond donors (Lipinski definition) is 2. The molecular weight excluding hydrogens is 394 g/mol. The minimum atomic E-state index is 0.104. The second-order valence-electron chi connectivity index (χ2n) is 8.08. The van der Waals surface area contributed by atoms with E-state index in [-0.39, 0.29) is 18.0 Å². The van der Waals surface area contributed by atoms with Gasteiger partial charge < -0.3 is 24.8 Å². The fraction of sp³-hybridized carbons (Fsp3) is 0.545. The molecule has 1 aromatic heterocycles. The summed E-state index contributed by atoms with van der Waals surface area (Å²) in [6.45, 7) is 6.38. The van der Waals surface area contributed by atoms with Crippen LogP contribution < -0.4 is 15.4 Å². The summed E-state index contributed by atoms with van der Waals surface area (Å²) in [5, 5.41) is 15.5. The van der Waals surface area contributed by atoms with Crippen LogP contribution in [0.1, 0.15) is 49.4 Å². The highest BCUT2D eigenvalue weighted by atomic mass is 16.5. The Morgan fingerprint density at radius 3 is 2.87 bits per heavy atom. The molecule has 2 aliphatic rings. The molecule has 2 atom stereocenters. The van der Waals surface area contributed by atoms with E-state index in [9.17, 15) is 4.79 Å². The fourth-order valence-electron chi connectivity index (χ4n) is 4.05. The number of aromatic nitrogens is 3. The molecule has 0 radical (unpaired) electrons. The molecular formula is C22H31N7O2. The number of benzene rings is 1. The molecule has 166 valence electrons. The quantitative estimate of drug-likeness (QED) is 0.559. The first-order valence-electron chi connectivity index (χ1n) is 11.0. The lowest BCUT2D eigenvalue weighted by Crippen LogP contribution is -2.47. The maximum atomic E-state index is 12.1. The van der Waals surface area contributed by atoms with Crippen LogP contribution in [0.25, 0.3) is 0 Å². The van der Waals surface area contributed by atoms with Gasteiger partial charge in [-0.1, -0.05) is 25.1 Å². The number of nitrogens with zero attached hydrogens (tertiary/aromatic N) is 5. The van der Waals surface area contributed by atoms with Gasteiger partial charge in [0, 0.05) is 44.6 Å². The van der Waals surface area contributed by atoms with Crippen molar-refractivity contribution in [1.82, 2.24) is 30.3 Å². The molecule has 0 bridgehead atoms. The number of carbonyl (C=O) groups is 1. The first kappa shape index (κ1) is 21.1. The molecule has 2 N–H and O–H groups in total. The van der Waals surface area contributed by atoms with E-state index in [0.29, 0.717) is 26.1 Å². The van der Waals surface area contributed by atoms with Gasteiger partial charge in [0.25, 0.3) is 0 Å². The Morgan fingerprint density at radius 2 is 2.10 bits per heavy atom. The van der Waals surface area contributed by atoms with Crippen LogP contribution in [0, 0.1) is 6.92 Å². The molecule has 0 saturated carbocycles. The van der Waals surface area contributed by atoms with E-state index in [4.69, 9.17) is 9.73 Å². The zero-order valence-corrected chi connectivity index (χ0v) is 18.5. The summed E-state index contributed by atoms with van der Waals surface area (Å²) in [5.74, 6) is 3.49. The van der Waals surface area contributed by atoms with Crippen molar-refractivity contribution >= 4 is 11.9 Å². The summed E-state index contributed by atoms with van der Waals surface area (Å²) in [6.07, 6.45) is 2.29. The highest BCUT2D eigenvalue weighted by Gasteiger charge is 2.28. The molecule has 3 heterocycles. The van der Waals surface area contributed by atoms with Crippen LogP contribution in [-0.2, 0) is 18.4 Å². The predicted octanol–water partition coefficient (Wildman–Crippen LogP) is 1.69. The van der Waals surface area contributed by atoms with Gasteiger partial charge in [-0.05, 0) is 19.4 Å². The number of nitrogens with one attached hydrogen (secondary N) is 2. The van der Waals surface area contributed by atoms with Crippen molar-refractivity contribution in [2.45, 2.75) is 51.7 Å². The first-order chi connectivity index (χ1) is 15.0. The second kappa shape index (κ2) is 9.36. The summed E-state index contributed by atoms with van der Waals surface area (Å²) in [4.78, 5) is 18.8. The third-order valence-electron chi connectivity index (χ3n) is 6.02. The van der Waals surface area contributed by atoms with Crippen LogP contribution >= 0.6 is 0 Å². The zero-order valence-electron chi connectivity index (χ0n) is 18.5. The van der Waals surface area contributed by atoms with Crippen molar-refractivity contribution in [2.75, 3.05) is 19.7 Å². The highest BCUT2D eigenvalue weighted by molar-refractivity contribution is 5.81. The predicted molar refractivity (Wildman–Crippen MR) is 118 cm³/mol. The lowest BCUT2D eigenvalue weighted by molar-refractivity contribution is -0.129. The number of ether oxygens (including phenoxy) is 1. The third-order valence-corrected chi connectivity index (χ3v) is 6.02. The number of likely N-dealkylation sites (tertiary alicyclic amines) is 1. The van der Waals surface area contributed by atoms with Crippen molar-refractivity contribution in [1.29, 1.82) is 0 Å². The normalized spacial score (nSPS) is 20.9. The van der Waals surface area contributed by atoms with Gasteiger partial charge in [-0.3, -0.25) is 4.79 Å². The van der Waals surface area contributed by atoms with E-state index in [1.165, 1.54) is 0 Å². The molecule has 1 saturated heterocycles. The van der Waals surface area contributed by atoms with Gasteiger partial charge >= 0.3 is 0 Å². The van der Waals surface area contributed by atoms with Crippen molar-refractivity contribution < 1.29 is 9.53 Å². The van der Waals surface area contributed by atoms with E-state index in [1.54, 1.807) is 0 Å². The smallest absolute Gasteiger partial charge is 0.222 e. The van der Waals surface area contributed by atoms with Gasteiger partial charge in [0.05, 0.1) is 12.6 Å². The molecule has 0 aliphatic carbocycles. The number of carbonyl (C=O) groups excluding carboxylic acids is 1. The minimum absolute atomic E-state index is 0.104. The number of aliphatic imine (C=N–C) groups is 1. The number of fused-ring (bicyclic) bond motifs is 1. The number of aryl methyl sites for hydroxylation is 1. The van der Waals surface area contributed by atoms with Gasteiger partial charge in [-0.25, -0.2) is 4.99 Å². The van der Waals surface area contributed by atoms with E-state index in [2.05, 4.69) is 26.9 Å². The van der Waals surface area contributed by atoms with Gasteiger partial charge in [0.1, 0.15) is 18.1 Å². The maximum absolute atomic E-state index is 12.1. The van der Waals surface area contributed by atoms with Crippen molar-refractivity contribution in [3.8, 4) is 5.75 Å². The van der Waals surface area contributed by atoms with Gasteiger partial charge in [-0.2, -0.15) is 0 Å². The van der Waals surface area contributed by atoms with E-state index < -0.39 is 0 Å². The molecule has 2 aliphatic heterocycles. The number of rotatable bonds is 5.